The van der Waals surface area contributed by atoms with Gasteiger partial charge in [0.05, 0.1) is 17.9 Å². The second-order valence-electron chi connectivity index (χ2n) is 6.25. The van der Waals surface area contributed by atoms with Gasteiger partial charge in [0.2, 0.25) is 0 Å². The Hall–Kier alpha value is -0.870. The molecule has 0 aliphatic carbocycles. The molecule has 4 atom stereocenters. The van der Waals surface area contributed by atoms with Gasteiger partial charge in [-0.25, -0.2) is 0 Å². The molecule has 2 aliphatic rings. The number of fused-ring (bicyclic) bond motifs is 2. The molecule has 4 nitrogen and oxygen atoms in total. The Labute approximate surface area is 121 Å². The van der Waals surface area contributed by atoms with Crippen LogP contribution in [0, 0.1) is 5.92 Å². The minimum Gasteiger partial charge on any atom is -0.375 e. The van der Waals surface area contributed by atoms with E-state index in [0.29, 0.717) is 24.2 Å². The fourth-order valence-corrected chi connectivity index (χ4v) is 3.90. The second-order valence-corrected chi connectivity index (χ2v) is 6.25. The van der Waals surface area contributed by atoms with Gasteiger partial charge in [0, 0.05) is 31.1 Å². The largest absolute Gasteiger partial charge is 0.375 e. The molecule has 2 bridgehead atoms. The van der Waals surface area contributed by atoms with Crippen LogP contribution in [0.1, 0.15) is 44.5 Å². The van der Waals surface area contributed by atoms with Crippen LogP contribution in [0.4, 0.5) is 0 Å². The lowest BCUT2D eigenvalue weighted by Gasteiger charge is -2.29. The van der Waals surface area contributed by atoms with E-state index in [4.69, 9.17) is 4.74 Å². The van der Waals surface area contributed by atoms with Crippen molar-refractivity contribution in [1.82, 2.24) is 15.1 Å². The quantitative estimate of drug-likeness (QED) is 0.865. The van der Waals surface area contributed by atoms with Crippen LogP contribution in [-0.4, -0.2) is 34.6 Å². The maximum absolute atomic E-state index is 6.04. The van der Waals surface area contributed by atoms with Crippen LogP contribution >= 0.6 is 0 Å². The van der Waals surface area contributed by atoms with E-state index in [-0.39, 0.29) is 0 Å². The molecule has 4 unspecified atom stereocenters. The Kier molecular flexibility index (Phi) is 4.13. The van der Waals surface area contributed by atoms with Crippen molar-refractivity contribution in [2.24, 2.45) is 13.0 Å². The van der Waals surface area contributed by atoms with Crippen molar-refractivity contribution in [3.8, 4) is 0 Å². The predicted molar refractivity (Wildman–Crippen MR) is 79.8 cm³/mol. The average Bonchev–Trinajstić information content (AvgIpc) is 3.14. The van der Waals surface area contributed by atoms with Crippen LogP contribution in [0.5, 0.6) is 0 Å². The van der Waals surface area contributed by atoms with Crippen LogP contribution in [0.2, 0.25) is 0 Å². The SMILES string of the molecule is CCNC(Cc1cc(CC)nn1C)C1CC2CCC1O2. The standard InChI is InChI=1S/C16H27N3O/c1-4-11-8-12(19(3)18-11)9-15(17-5-2)14-10-13-6-7-16(14)20-13/h8,13-17H,4-7,9-10H2,1-3H3. The van der Waals surface area contributed by atoms with Gasteiger partial charge in [-0.2, -0.15) is 5.10 Å². The molecule has 2 fully saturated rings. The molecule has 0 amide bonds. The third kappa shape index (κ3) is 2.63. The summed E-state index contributed by atoms with van der Waals surface area (Å²) in [5.41, 5.74) is 2.54. The molecule has 20 heavy (non-hydrogen) atoms. The topological polar surface area (TPSA) is 39.1 Å². The van der Waals surface area contributed by atoms with Crippen molar-refractivity contribution in [3.05, 3.63) is 17.5 Å². The molecule has 0 aromatic carbocycles. The van der Waals surface area contributed by atoms with Gasteiger partial charge in [0.25, 0.3) is 0 Å². The number of aryl methyl sites for hydroxylation is 2. The van der Waals surface area contributed by atoms with E-state index in [1.165, 1.54) is 30.7 Å². The molecule has 0 radical (unpaired) electrons. The van der Waals surface area contributed by atoms with Crippen molar-refractivity contribution in [2.75, 3.05) is 6.54 Å². The summed E-state index contributed by atoms with van der Waals surface area (Å²) in [7, 11) is 2.06. The van der Waals surface area contributed by atoms with Gasteiger partial charge >= 0.3 is 0 Å². The number of hydrogen-bond donors (Lipinski definition) is 1. The number of hydrogen-bond acceptors (Lipinski definition) is 3. The van der Waals surface area contributed by atoms with Crippen LogP contribution in [0.3, 0.4) is 0 Å². The first-order valence-corrected chi connectivity index (χ1v) is 8.11. The zero-order valence-electron chi connectivity index (χ0n) is 12.9. The summed E-state index contributed by atoms with van der Waals surface area (Å²) in [6, 6.07) is 2.79. The lowest BCUT2D eigenvalue weighted by atomic mass is 9.82. The van der Waals surface area contributed by atoms with Crippen LogP contribution in [0.15, 0.2) is 6.07 Å². The highest BCUT2D eigenvalue weighted by Crippen LogP contribution is 2.41. The molecule has 112 valence electrons. The summed E-state index contributed by atoms with van der Waals surface area (Å²) in [5, 5.41) is 8.27. The molecule has 3 heterocycles. The van der Waals surface area contributed by atoms with E-state index >= 15 is 0 Å². The van der Waals surface area contributed by atoms with Crippen LogP contribution in [0.25, 0.3) is 0 Å². The lowest BCUT2D eigenvalue weighted by Crippen LogP contribution is -2.42. The van der Waals surface area contributed by atoms with E-state index < -0.39 is 0 Å². The summed E-state index contributed by atoms with van der Waals surface area (Å²) < 4.78 is 8.10. The average molecular weight is 277 g/mol. The number of ether oxygens (including phenoxy) is 1. The van der Waals surface area contributed by atoms with Gasteiger partial charge in [0.15, 0.2) is 0 Å². The number of nitrogens with one attached hydrogen (secondary N) is 1. The van der Waals surface area contributed by atoms with Crippen molar-refractivity contribution < 1.29 is 4.74 Å². The fourth-order valence-electron chi connectivity index (χ4n) is 3.90. The number of aromatic nitrogens is 2. The van der Waals surface area contributed by atoms with Gasteiger partial charge < -0.3 is 10.1 Å². The fraction of sp³-hybridized carbons (Fsp3) is 0.812. The van der Waals surface area contributed by atoms with Crippen molar-refractivity contribution in [3.63, 3.8) is 0 Å². The van der Waals surface area contributed by atoms with E-state index in [0.717, 1.165) is 19.4 Å². The van der Waals surface area contributed by atoms with Gasteiger partial charge in [-0.1, -0.05) is 13.8 Å². The van der Waals surface area contributed by atoms with Crippen LogP contribution < -0.4 is 5.32 Å². The zero-order chi connectivity index (χ0) is 14.1. The minimum atomic E-state index is 0.489. The smallest absolute Gasteiger partial charge is 0.0624 e. The van der Waals surface area contributed by atoms with E-state index in [9.17, 15) is 0 Å². The third-order valence-electron chi connectivity index (χ3n) is 4.95. The van der Waals surface area contributed by atoms with Crippen molar-refractivity contribution in [1.29, 1.82) is 0 Å². The molecule has 2 aliphatic heterocycles. The monoisotopic (exact) mass is 277 g/mol. The minimum absolute atomic E-state index is 0.489. The summed E-state index contributed by atoms with van der Waals surface area (Å²) in [6.45, 7) is 5.39. The van der Waals surface area contributed by atoms with E-state index in [2.05, 4.69) is 42.1 Å². The first-order valence-electron chi connectivity index (χ1n) is 8.11. The molecule has 1 aromatic rings. The number of nitrogens with zero attached hydrogens (tertiary/aromatic N) is 2. The molecule has 1 aromatic heterocycles. The van der Waals surface area contributed by atoms with E-state index in [1.807, 2.05) is 0 Å². The third-order valence-corrected chi connectivity index (χ3v) is 4.95. The van der Waals surface area contributed by atoms with Gasteiger partial charge in [-0.15, -0.1) is 0 Å². The highest BCUT2D eigenvalue weighted by Gasteiger charge is 2.44. The lowest BCUT2D eigenvalue weighted by molar-refractivity contribution is 0.0857. The molecule has 3 rings (SSSR count). The summed E-state index contributed by atoms with van der Waals surface area (Å²) in [4.78, 5) is 0. The zero-order valence-corrected chi connectivity index (χ0v) is 12.9. The van der Waals surface area contributed by atoms with E-state index in [1.54, 1.807) is 0 Å². The highest BCUT2D eigenvalue weighted by molar-refractivity contribution is 5.12. The highest BCUT2D eigenvalue weighted by atomic mass is 16.5. The summed E-state index contributed by atoms with van der Waals surface area (Å²) >= 11 is 0. The molecule has 2 saturated heterocycles. The van der Waals surface area contributed by atoms with Crippen LogP contribution in [-0.2, 0) is 24.6 Å². The van der Waals surface area contributed by atoms with Crippen molar-refractivity contribution >= 4 is 0 Å². The number of rotatable bonds is 6. The van der Waals surface area contributed by atoms with Gasteiger partial charge in [0.1, 0.15) is 0 Å². The van der Waals surface area contributed by atoms with Crippen molar-refractivity contribution in [2.45, 2.75) is 64.2 Å². The Bertz CT molecular complexity index is 457. The Morgan fingerprint density at radius 2 is 2.30 bits per heavy atom. The predicted octanol–water partition coefficient (Wildman–Crippen LogP) is 2.07. The summed E-state index contributed by atoms with van der Waals surface area (Å²) in [5.74, 6) is 0.675. The van der Waals surface area contributed by atoms with Gasteiger partial charge in [-0.3, -0.25) is 4.68 Å². The maximum Gasteiger partial charge on any atom is 0.0624 e. The first kappa shape index (κ1) is 14.1. The summed E-state index contributed by atoms with van der Waals surface area (Å²) in [6.07, 6.45) is 6.85. The molecular formula is C16H27N3O. The van der Waals surface area contributed by atoms with Gasteiger partial charge in [-0.05, 0) is 38.3 Å². The molecule has 1 N–H and O–H groups in total. The normalized spacial score (nSPS) is 30.1. The molecule has 0 saturated carbocycles. The Morgan fingerprint density at radius 3 is 2.85 bits per heavy atom. The maximum atomic E-state index is 6.04. The molecule has 4 heteroatoms. The Balaban J connectivity index is 1.72. The second kappa shape index (κ2) is 5.86. The first-order chi connectivity index (χ1) is 9.71. The molecular weight excluding hydrogens is 250 g/mol. The Morgan fingerprint density at radius 1 is 1.45 bits per heavy atom. The number of likely N-dealkylation sites (N-methyl/N-ethyl adjacent to an activating group) is 1. The molecule has 0 spiro atoms.